The molecule has 4 nitrogen and oxygen atoms in total. The lowest BCUT2D eigenvalue weighted by Crippen LogP contribution is -2.33. The molecule has 3 rings (SSSR count). The van der Waals surface area contributed by atoms with E-state index in [0.29, 0.717) is 12.5 Å². The number of carbonyl (C=O) groups excluding carboxylic acids is 1. The second-order valence-corrected chi connectivity index (χ2v) is 6.29. The molecule has 1 saturated heterocycles. The summed E-state index contributed by atoms with van der Waals surface area (Å²) in [7, 11) is 0. The van der Waals surface area contributed by atoms with Crippen molar-refractivity contribution in [2.75, 3.05) is 26.2 Å². The number of carbonyl (C=O) groups is 1. The summed E-state index contributed by atoms with van der Waals surface area (Å²) in [5.41, 5.74) is 8.01. The number of hydrogen-bond donors (Lipinski definition) is 1. The number of hydrogen-bond acceptors (Lipinski definition) is 3. The molecule has 126 valence electrons. The van der Waals surface area contributed by atoms with E-state index in [2.05, 4.69) is 12.1 Å². The molecule has 0 aliphatic carbocycles. The quantitative estimate of drug-likeness (QED) is 0.888. The van der Waals surface area contributed by atoms with Gasteiger partial charge in [-0.1, -0.05) is 48.5 Å². The van der Waals surface area contributed by atoms with Gasteiger partial charge in [0.25, 0.3) is 5.91 Å². The SMILES string of the molecule is NC[C@H]1CCN(C(=O)COc2ccccc2Cc2ccccc2)C1. The molecule has 2 aromatic carbocycles. The van der Waals surface area contributed by atoms with Crippen LogP contribution in [0.2, 0.25) is 0 Å². The Bertz CT molecular complexity index is 672. The lowest BCUT2D eigenvalue weighted by Gasteiger charge is -2.17. The number of para-hydroxylation sites is 1. The lowest BCUT2D eigenvalue weighted by molar-refractivity contribution is -0.132. The molecule has 0 aromatic heterocycles. The van der Waals surface area contributed by atoms with E-state index in [9.17, 15) is 4.79 Å². The van der Waals surface area contributed by atoms with Gasteiger partial charge in [-0.3, -0.25) is 4.79 Å². The van der Waals surface area contributed by atoms with E-state index < -0.39 is 0 Å². The van der Waals surface area contributed by atoms with Crippen LogP contribution in [0.5, 0.6) is 5.75 Å². The average molecular weight is 324 g/mol. The van der Waals surface area contributed by atoms with Crippen molar-refractivity contribution in [2.45, 2.75) is 12.8 Å². The molecule has 1 fully saturated rings. The molecule has 0 unspecified atom stereocenters. The van der Waals surface area contributed by atoms with E-state index in [0.717, 1.165) is 37.2 Å². The number of amides is 1. The second-order valence-electron chi connectivity index (χ2n) is 6.29. The Kier molecular flexibility index (Phi) is 5.49. The Balaban J connectivity index is 1.60. The summed E-state index contributed by atoms with van der Waals surface area (Å²) in [6.07, 6.45) is 1.79. The Morgan fingerprint density at radius 1 is 1.12 bits per heavy atom. The molecule has 0 saturated carbocycles. The number of rotatable bonds is 6. The minimum atomic E-state index is 0.0421. The van der Waals surface area contributed by atoms with Crippen molar-refractivity contribution in [2.24, 2.45) is 11.7 Å². The number of nitrogens with two attached hydrogens (primary N) is 1. The van der Waals surface area contributed by atoms with Crippen LogP contribution in [0.3, 0.4) is 0 Å². The van der Waals surface area contributed by atoms with E-state index in [4.69, 9.17) is 10.5 Å². The maximum absolute atomic E-state index is 12.3. The van der Waals surface area contributed by atoms with Gasteiger partial charge in [-0.15, -0.1) is 0 Å². The smallest absolute Gasteiger partial charge is 0.260 e. The van der Waals surface area contributed by atoms with Gasteiger partial charge >= 0.3 is 0 Å². The maximum atomic E-state index is 12.3. The molecule has 1 aliphatic rings. The van der Waals surface area contributed by atoms with Gasteiger partial charge in [0.15, 0.2) is 6.61 Å². The normalized spacial score (nSPS) is 17.0. The molecular formula is C20H24N2O2. The fourth-order valence-corrected chi connectivity index (χ4v) is 3.09. The van der Waals surface area contributed by atoms with Gasteiger partial charge < -0.3 is 15.4 Å². The highest BCUT2D eigenvalue weighted by Gasteiger charge is 2.25. The van der Waals surface area contributed by atoms with Crippen molar-refractivity contribution in [3.05, 3.63) is 65.7 Å². The molecular weight excluding hydrogens is 300 g/mol. The Hall–Kier alpha value is -2.33. The van der Waals surface area contributed by atoms with Gasteiger partial charge in [0.1, 0.15) is 5.75 Å². The minimum Gasteiger partial charge on any atom is -0.483 e. The summed E-state index contributed by atoms with van der Waals surface area (Å²) < 4.78 is 5.83. The standard InChI is InChI=1S/C20H24N2O2/c21-13-17-10-11-22(14-17)20(23)15-24-19-9-5-4-8-18(19)12-16-6-2-1-3-7-16/h1-9,17H,10-15,21H2/t17-/m1/s1. The highest BCUT2D eigenvalue weighted by atomic mass is 16.5. The van der Waals surface area contributed by atoms with Crippen LogP contribution in [0.25, 0.3) is 0 Å². The number of nitrogens with zero attached hydrogens (tertiary/aromatic N) is 1. The highest BCUT2D eigenvalue weighted by molar-refractivity contribution is 5.78. The third kappa shape index (κ3) is 4.15. The first-order valence-corrected chi connectivity index (χ1v) is 8.48. The number of benzene rings is 2. The molecule has 4 heteroatoms. The van der Waals surface area contributed by atoms with Crippen LogP contribution in [0, 0.1) is 5.92 Å². The molecule has 1 atom stereocenters. The van der Waals surface area contributed by atoms with E-state index in [1.165, 1.54) is 5.56 Å². The third-order valence-corrected chi connectivity index (χ3v) is 4.53. The fourth-order valence-electron chi connectivity index (χ4n) is 3.09. The summed E-state index contributed by atoms with van der Waals surface area (Å²) in [5, 5.41) is 0. The zero-order chi connectivity index (χ0) is 16.8. The third-order valence-electron chi connectivity index (χ3n) is 4.53. The van der Waals surface area contributed by atoms with E-state index in [1.807, 2.05) is 47.4 Å². The molecule has 1 heterocycles. The topological polar surface area (TPSA) is 55.6 Å². The van der Waals surface area contributed by atoms with Crippen LogP contribution in [-0.4, -0.2) is 37.0 Å². The predicted molar refractivity (Wildman–Crippen MR) is 94.9 cm³/mol. The largest absolute Gasteiger partial charge is 0.483 e. The molecule has 24 heavy (non-hydrogen) atoms. The first-order valence-electron chi connectivity index (χ1n) is 8.48. The molecule has 0 bridgehead atoms. The van der Waals surface area contributed by atoms with Crippen LogP contribution in [-0.2, 0) is 11.2 Å². The summed E-state index contributed by atoms with van der Waals surface area (Å²) >= 11 is 0. The van der Waals surface area contributed by atoms with Gasteiger partial charge in [0.05, 0.1) is 0 Å². The van der Waals surface area contributed by atoms with Gasteiger partial charge in [-0.2, -0.15) is 0 Å². The van der Waals surface area contributed by atoms with Crippen molar-refractivity contribution in [3.63, 3.8) is 0 Å². The van der Waals surface area contributed by atoms with Crippen molar-refractivity contribution in [1.29, 1.82) is 0 Å². The van der Waals surface area contributed by atoms with Crippen LogP contribution in [0.4, 0.5) is 0 Å². The summed E-state index contributed by atoms with van der Waals surface area (Å²) in [6, 6.07) is 18.2. The summed E-state index contributed by atoms with van der Waals surface area (Å²) in [4.78, 5) is 14.2. The van der Waals surface area contributed by atoms with Crippen molar-refractivity contribution in [3.8, 4) is 5.75 Å². The first-order chi connectivity index (χ1) is 11.8. The highest BCUT2D eigenvalue weighted by Crippen LogP contribution is 2.22. The molecule has 1 aliphatic heterocycles. The summed E-state index contributed by atoms with van der Waals surface area (Å²) in [5.74, 6) is 1.25. The zero-order valence-electron chi connectivity index (χ0n) is 13.9. The Labute approximate surface area is 143 Å². The van der Waals surface area contributed by atoms with Gasteiger partial charge in [0.2, 0.25) is 0 Å². The van der Waals surface area contributed by atoms with Crippen molar-refractivity contribution in [1.82, 2.24) is 4.90 Å². The van der Waals surface area contributed by atoms with Crippen LogP contribution in [0.1, 0.15) is 17.5 Å². The Morgan fingerprint density at radius 3 is 2.62 bits per heavy atom. The molecule has 2 N–H and O–H groups in total. The predicted octanol–water partition coefficient (Wildman–Crippen LogP) is 2.46. The summed E-state index contributed by atoms with van der Waals surface area (Å²) in [6.45, 7) is 2.27. The molecule has 1 amide bonds. The van der Waals surface area contributed by atoms with Crippen LogP contribution in [0.15, 0.2) is 54.6 Å². The van der Waals surface area contributed by atoms with E-state index in [1.54, 1.807) is 0 Å². The van der Waals surface area contributed by atoms with Crippen molar-refractivity contribution >= 4 is 5.91 Å². The van der Waals surface area contributed by atoms with E-state index in [-0.39, 0.29) is 12.5 Å². The molecule has 0 radical (unpaired) electrons. The number of likely N-dealkylation sites (tertiary alicyclic amines) is 1. The zero-order valence-corrected chi connectivity index (χ0v) is 13.9. The van der Waals surface area contributed by atoms with Crippen LogP contribution >= 0.6 is 0 Å². The van der Waals surface area contributed by atoms with Gasteiger partial charge in [0, 0.05) is 19.5 Å². The van der Waals surface area contributed by atoms with Crippen LogP contribution < -0.4 is 10.5 Å². The minimum absolute atomic E-state index is 0.0421. The molecule has 2 aromatic rings. The number of ether oxygens (including phenoxy) is 1. The van der Waals surface area contributed by atoms with E-state index >= 15 is 0 Å². The molecule has 0 spiro atoms. The van der Waals surface area contributed by atoms with Crippen molar-refractivity contribution < 1.29 is 9.53 Å². The fraction of sp³-hybridized carbons (Fsp3) is 0.350. The average Bonchev–Trinajstić information content (AvgIpc) is 3.11. The monoisotopic (exact) mass is 324 g/mol. The second kappa shape index (κ2) is 7.97. The Morgan fingerprint density at radius 2 is 1.88 bits per heavy atom. The van der Waals surface area contributed by atoms with Gasteiger partial charge in [-0.25, -0.2) is 0 Å². The lowest BCUT2D eigenvalue weighted by atomic mass is 10.0. The van der Waals surface area contributed by atoms with Gasteiger partial charge in [-0.05, 0) is 36.1 Å². The maximum Gasteiger partial charge on any atom is 0.260 e. The first kappa shape index (κ1) is 16.5.